The molecule has 0 radical (unpaired) electrons. The molecule has 1 aliphatic heterocycles. The van der Waals surface area contributed by atoms with E-state index in [0.717, 1.165) is 15.8 Å². The molecule has 1 unspecified atom stereocenters. The number of thiophene rings is 1. The molecule has 1 aromatic carbocycles. The zero-order valence-electron chi connectivity index (χ0n) is 16.3. The van der Waals surface area contributed by atoms with E-state index >= 15 is 0 Å². The number of methoxy groups -OCH3 is 1. The van der Waals surface area contributed by atoms with E-state index < -0.39 is 5.54 Å². The summed E-state index contributed by atoms with van der Waals surface area (Å²) in [4.78, 5) is 29.1. The topological polar surface area (TPSA) is 63.6 Å². The first-order valence-electron chi connectivity index (χ1n) is 9.34. The number of fused-ring (bicyclic) bond motifs is 3. The Morgan fingerprint density at radius 1 is 1.31 bits per heavy atom. The number of carbonyl (C=O) groups is 2. The van der Waals surface area contributed by atoms with E-state index in [0.29, 0.717) is 25.4 Å². The van der Waals surface area contributed by atoms with Crippen molar-refractivity contribution in [3.8, 4) is 0 Å². The lowest BCUT2D eigenvalue weighted by molar-refractivity contribution is -0.133. The van der Waals surface area contributed by atoms with Crippen molar-refractivity contribution in [2.75, 3.05) is 20.3 Å². The van der Waals surface area contributed by atoms with Gasteiger partial charge in [-0.05, 0) is 42.1 Å². The highest BCUT2D eigenvalue weighted by molar-refractivity contribution is 7.16. The Labute approximate surface area is 171 Å². The first-order chi connectivity index (χ1) is 13.9. The molecule has 0 aliphatic carbocycles. The maximum absolute atomic E-state index is 13.3. The number of benzene rings is 1. The number of hydrogen-bond acceptors (Lipinski definition) is 4. The second-order valence-electron chi connectivity index (χ2n) is 7.33. The number of nitrogens with one attached hydrogen (secondary N) is 1. The summed E-state index contributed by atoms with van der Waals surface area (Å²) in [5.74, 6) is -0.762. The highest BCUT2D eigenvalue weighted by atomic mass is 32.1. The molecule has 3 heterocycles. The van der Waals surface area contributed by atoms with Gasteiger partial charge in [0.2, 0.25) is 5.91 Å². The van der Waals surface area contributed by atoms with Crippen LogP contribution in [0, 0.1) is 5.82 Å². The van der Waals surface area contributed by atoms with Crippen LogP contribution in [0.3, 0.4) is 0 Å². The highest BCUT2D eigenvalue weighted by Gasteiger charge is 2.47. The standard InChI is InChI=1S/C21H22FN3O3S/c1-21(20(27)23-12-14-3-5-16(22)6-4-14)13-24-17(11-15-7-10-29-19(15)24)18(26)25(21)8-9-28-2/h3-7,10-11H,8-9,12-13H2,1-2H3,(H,23,27). The Balaban J connectivity index is 1.64. The highest BCUT2D eigenvalue weighted by Crippen LogP contribution is 2.34. The number of aromatic nitrogens is 1. The van der Waals surface area contributed by atoms with E-state index in [1.165, 1.54) is 12.1 Å². The second-order valence-corrected chi connectivity index (χ2v) is 8.22. The molecule has 0 bridgehead atoms. The van der Waals surface area contributed by atoms with Crippen LogP contribution in [0.2, 0.25) is 0 Å². The third kappa shape index (κ3) is 3.42. The molecule has 0 saturated carbocycles. The summed E-state index contributed by atoms with van der Waals surface area (Å²) in [7, 11) is 1.57. The van der Waals surface area contributed by atoms with Crippen LogP contribution >= 0.6 is 11.3 Å². The van der Waals surface area contributed by atoms with Crippen molar-refractivity contribution in [1.82, 2.24) is 14.8 Å². The lowest BCUT2D eigenvalue weighted by atomic mass is 9.94. The molecule has 1 N–H and O–H groups in total. The van der Waals surface area contributed by atoms with Crippen molar-refractivity contribution in [2.24, 2.45) is 0 Å². The molecule has 0 spiro atoms. The van der Waals surface area contributed by atoms with Crippen LogP contribution in [0.25, 0.3) is 10.2 Å². The van der Waals surface area contributed by atoms with Crippen LogP contribution in [-0.4, -0.2) is 47.1 Å². The summed E-state index contributed by atoms with van der Waals surface area (Å²) in [5.41, 5.74) is 0.307. The third-order valence-electron chi connectivity index (χ3n) is 5.40. The lowest BCUT2D eigenvalue weighted by Crippen LogP contribution is -2.64. The molecule has 1 aliphatic rings. The molecule has 8 heteroatoms. The number of rotatable bonds is 6. The fourth-order valence-electron chi connectivity index (χ4n) is 3.77. The maximum Gasteiger partial charge on any atom is 0.271 e. The number of carbonyl (C=O) groups excluding carboxylic acids is 2. The molecule has 1 atom stereocenters. The van der Waals surface area contributed by atoms with Gasteiger partial charge in [0.1, 0.15) is 21.9 Å². The zero-order chi connectivity index (χ0) is 20.6. The van der Waals surface area contributed by atoms with Gasteiger partial charge in [0.05, 0.1) is 13.2 Å². The molecule has 0 saturated heterocycles. The van der Waals surface area contributed by atoms with E-state index in [1.807, 2.05) is 22.1 Å². The minimum absolute atomic E-state index is 0.184. The molecular weight excluding hydrogens is 393 g/mol. The summed E-state index contributed by atoms with van der Waals surface area (Å²) in [5, 5.41) is 5.89. The van der Waals surface area contributed by atoms with Crippen molar-refractivity contribution in [3.05, 3.63) is 58.9 Å². The number of halogens is 1. The molecule has 0 fully saturated rings. The van der Waals surface area contributed by atoms with Crippen molar-refractivity contribution < 1.29 is 18.7 Å². The number of ether oxygens (including phenoxy) is 1. The van der Waals surface area contributed by atoms with Crippen LogP contribution in [0.4, 0.5) is 4.39 Å². The monoisotopic (exact) mass is 415 g/mol. The van der Waals surface area contributed by atoms with Crippen LogP contribution < -0.4 is 5.32 Å². The number of hydrogen-bond donors (Lipinski definition) is 1. The summed E-state index contributed by atoms with van der Waals surface area (Å²) < 4.78 is 20.2. The third-order valence-corrected chi connectivity index (χ3v) is 6.35. The molecule has 3 aromatic rings. The molecular formula is C21H22FN3O3S. The Bertz CT molecular complexity index is 1060. The second kappa shape index (κ2) is 7.61. The van der Waals surface area contributed by atoms with Crippen LogP contribution in [0.15, 0.2) is 41.8 Å². The van der Waals surface area contributed by atoms with Gasteiger partial charge in [-0.2, -0.15) is 0 Å². The summed E-state index contributed by atoms with van der Waals surface area (Å²) in [6.45, 7) is 3.05. The van der Waals surface area contributed by atoms with Crippen LogP contribution in [0.1, 0.15) is 23.0 Å². The average molecular weight is 415 g/mol. The van der Waals surface area contributed by atoms with E-state index in [1.54, 1.807) is 42.4 Å². The minimum Gasteiger partial charge on any atom is -0.383 e. The van der Waals surface area contributed by atoms with Gasteiger partial charge in [0.15, 0.2) is 0 Å². The fourth-order valence-corrected chi connectivity index (χ4v) is 4.66. The van der Waals surface area contributed by atoms with Crippen molar-refractivity contribution in [3.63, 3.8) is 0 Å². The predicted octanol–water partition coefficient (Wildman–Crippen LogP) is 3.02. The first-order valence-corrected chi connectivity index (χ1v) is 10.2. The van der Waals surface area contributed by atoms with E-state index in [4.69, 9.17) is 4.74 Å². The van der Waals surface area contributed by atoms with Crippen LogP contribution in [-0.2, 0) is 22.6 Å². The van der Waals surface area contributed by atoms with E-state index in [-0.39, 0.29) is 24.2 Å². The zero-order valence-corrected chi connectivity index (χ0v) is 17.1. The van der Waals surface area contributed by atoms with Gasteiger partial charge in [-0.3, -0.25) is 9.59 Å². The van der Waals surface area contributed by atoms with Gasteiger partial charge in [0, 0.05) is 25.6 Å². The van der Waals surface area contributed by atoms with Gasteiger partial charge >= 0.3 is 0 Å². The maximum atomic E-state index is 13.3. The van der Waals surface area contributed by atoms with Gasteiger partial charge in [-0.15, -0.1) is 11.3 Å². The first kappa shape index (κ1) is 19.6. The Morgan fingerprint density at radius 3 is 2.79 bits per heavy atom. The largest absolute Gasteiger partial charge is 0.383 e. The van der Waals surface area contributed by atoms with Gasteiger partial charge < -0.3 is 19.5 Å². The van der Waals surface area contributed by atoms with Crippen LogP contribution in [0.5, 0.6) is 0 Å². The molecule has 152 valence electrons. The van der Waals surface area contributed by atoms with Gasteiger partial charge in [0.25, 0.3) is 5.91 Å². The van der Waals surface area contributed by atoms with Gasteiger partial charge in [-0.1, -0.05) is 12.1 Å². The summed E-state index contributed by atoms with van der Waals surface area (Å²) in [6, 6.07) is 9.83. The van der Waals surface area contributed by atoms with Crippen molar-refractivity contribution >= 4 is 33.4 Å². The Morgan fingerprint density at radius 2 is 2.07 bits per heavy atom. The minimum atomic E-state index is -1.07. The Hall–Kier alpha value is -2.71. The molecule has 6 nitrogen and oxygen atoms in total. The molecule has 2 aromatic heterocycles. The predicted molar refractivity (Wildman–Crippen MR) is 109 cm³/mol. The fraction of sp³-hybridized carbons (Fsp3) is 0.333. The van der Waals surface area contributed by atoms with Gasteiger partial charge in [-0.25, -0.2) is 4.39 Å². The van der Waals surface area contributed by atoms with Crippen molar-refractivity contribution in [2.45, 2.75) is 25.6 Å². The average Bonchev–Trinajstić information content (AvgIpc) is 3.29. The van der Waals surface area contributed by atoms with E-state index in [9.17, 15) is 14.0 Å². The van der Waals surface area contributed by atoms with Crippen molar-refractivity contribution in [1.29, 1.82) is 0 Å². The summed E-state index contributed by atoms with van der Waals surface area (Å²) in [6.07, 6.45) is 0. The smallest absolute Gasteiger partial charge is 0.271 e. The number of amides is 2. The molecule has 4 rings (SSSR count). The molecule has 29 heavy (non-hydrogen) atoms. The number of nitrogens with zero attached hydrogens (tertiary/aromatic N) is 2. The van der Waals surface area contributed by atoms with E-state index in [2.05, 4.69) is 5.32 Å². The lowest BCUT2D eigenvalue weighted by Gasteiger charge is -2.43. The quantitative estimate of drug-likeness (QED) is 0.673. The summed E-state index contributed by atoms with van der Waals surface area (Å²) >= 11 is 1.55. The molecule has 2 amide bonds. The Kier molecular flexibility index (Phi) is 5.14. The SMILES string of the molecule is COCCN1C(=O)c2cc3ccsc3n2CC1(C)C(=O)NCc1ccc(F)cc1. The normalized spacial score (nSPS) is 18.9.